The van der Waals surface area contributed by atoms with Crippen LogP contribution in [-0.4, -0.2) is 35.3 Å². The Morgan fingerprint density at radius 2 is 1.89 bits per heavy atom. The minimum absolute atomic E-state index is 0.0343. The summed E-state index contributed by atoms with van der Waals surface area (Å²) in [6.07, 6.45) is 5.16. The molecular weight excluding hydrogens is 240 g/mol. The van der Waals surface area contributed by atoms with Crippen molar-refractivity contribution in [3.05, 3.63) is 0 Å². The molecule has 0 atom stereocenters. The van der Waals surface area contributed by atoms with Crippen LogP contribution in [0, 0.1) is 5.41 Å². The molecule has 2 rings (SSSR count). The molecule has 0 bridgehead atoms. The smallest absolute Gasteiger partial charge is 0.248 e. The second-order valence-electron chi connectivity index (χ2n) is 6.83. The summed E-state index contributed by atoms with van der Waals surface area (Å²) in [5.41, 5.74) is -0.472. The van der Waals surface area contributed by atoms with E-state index in [4.69, 9.17) is 0 Å². The number of amides is 2. The van der Waals surface area contributed by atoms with Crippen LogP contribution in [0.1, 0.15) is 59.3 Å². The molecule has 0 aromatic heterocycles. The fraction of sp³-hybridized carbons (Fsp3) is 0.867. The van der Waals surface area contributed by atoms with Crippen molar-refractivity contribution in [2.24, 2.45) is 5.41 Å². The van der Waals surface area contributed by atoms with Crippen molar-refractivity contribution in [1.29, 1.82) is 0 Å². The fourth-order valence-electron chi connectivity index (χ4n) is 3.12. The third-order valence-electron chi connectivity index (χ3n) is 4.72. The van der Waals surface area contributed by atoms with Crippen molar-refractivity contribution >= 4 is 11.8 Å². The van der Waals surface area contributed by atoms with Crippen LogP contribution in [-0.2, 0) is 9.59 Å². The largest absolute Gasteiger partial charge is 0.342 e. The first kappa shape index (κ1) is 14.4. The first-order valence-corrected chi connectivity index (χ1v) is 7.49. The van der Waals surface area contributed by atoms with Crippen LogP contribution in [0.15, 0.2) is 0 Å². The minimum Gasteiger partial charge on any atom is -0.342 e. The van der Waals surface area contributed by atoms with Gasteiger partial charge in [0.2, 0.25) is 11.8 Å². The second kappa shape index (κ2) is 5.14. The van der Waals surface area contributed by atoms with E-state index in [1.807, 2.05) is 4.90 Å². The zero-order chi connectivity index (χ0) is 14.1. The number of carbonyl (C=O) groups is 2. The molecule has 1 saturated heterocycles. The Morgan fingerprint density at radius 3 is 2.47 bits per heavy atom. The van der Waals surface area contributed by atoms with E-state index < -0.39 is 5.54 Å². The molecule has 0 aromatic carbocycles. The van der Waals surface area contributed by atoms with Gasteiger partial charge >= 0.3 is 0 Å². The Kier molecular flexibility index (Phi) is 3.88. The summed E-state index contributed by atoms with van der Waals surface area (Å²) in [7, 11) is 0. The molecule has 1 spiro atoms. The van der Waals surface area contributed by atoms with Crippen LogP contribution in [0.2, 0.25) is 0 Å². The molecule has 0 aromatic rings. The monoisotopic (exact) mass is 266 g/mol. The molecule has 4 nitrogen and oxygen atoms in total. The second-order valence-corrected chi connectivity index (χ2v) is 6.83. The molecule has 1 aliphatic heterocycles. The Bertz CT molecular complexity index is 370. The lowest BCUT2D eigenvalue weighted by atomic mass is 9.88. The molecule has 1 saturated carbocycles. The molecule has 0 radical (unpaired) electrons. The van der Waals surface area contributed by atoms with Crippen molar-refractivity contribution in [3.63, 3.8) is 0 Å². The Labute approximate surface area is 115 Å². The van der Waals surface area contributed by atoms with Crippen LogP contribution < -0.4 is 5.32 Å². The molecule has 1 heterocycles. The van der Waals surface area contributed by atoms with Gasteiger partial charge in [-0.25, -0.2) is 0 Å². The maximum absolute atomic E-state index is 12.8. The van der Waals surface area contributed by atoms with E-state index in [0.717, 1.165) is 38.6 Å². The standard InChI is InChI=1S/C15H26N2O2/c1-4-14(2,3)11-17-10-7-12(18)16-15(13(17)19)8-5-6-9-15/h4-11H2,1-3H3,(H,16,18). The van der Waals surface area contributed by atoms with Crippen LogP contribution in [0.25, 0.3) is 0 Å². The normalized spacial score (nSPS) is 23.6. The van der Waals surface area contributed by atoms with Gasteiger partial charge in [-0.15, -0.1) is 0 Å². The van der Waals surface area contributed by atoms with Gasteiger partial charge in [0.1, 0.15) is 5.54 Å². The number of nitrogens with one attached hydrogen (secondary N) is 1. The van der Waals surface area contributed by atoms with Crippen LogP contribution in [0.3, 0.4) is 0 Å². The van der Waals surface area contributed by atoms with E-state index in [-0.39, 0.29) is 17.2 Å². The number of rotatable bonds is 3. The zero-order valence-corrected chi connectivity index (χ0v) is 12.4. The molecule has 2 aliphatic rings. The summed E-state index contributed by atoms with van der Waals surface area (Å²) >= 11 is 0. The summed E-state index contributed by atoms with van der Waals surface area (Å²) < 4.78 is 0. The summed E-state index contributed by atoms with van der Waals surface area (Å²) in [6, 6.07) is 0. The summed E-state index contributed by atoms with van der Waals surface area (Å²) in [5.74, 6) is 0.185. The molecule has 1 aliphatic carbocycles. The Morgan fingerprint density at radius 1 is 1.26 bits per heavy atom. The third-order valence-corrected chi connectivity index (χ3v) is 4.72. The topological polar surface area (TPSA) is 49.4 Å². The van der Waals surface area contributed by atoms with Crippen molar-refractivity contribution < 1.29 is 9.59 Å². The number of hydrogen-bond acceptors (Lipinski definition) is 2. The first-order chi connectivity index (χ1) is 8.88. The van der Waals surface area contributed by atoms with Gasteiger partial charge in [0.05, 0.1) is 0 Å². The van der Waals surface area contributed by atoms with E-state index in [0.29, 0.717) is 13.0 Å². The third kappa shape index (κ3) is 2.93. The lowest BCUT2D eigenvalue weighted by molar-refractivity contribution is -0.139. The van der Waals surface area contributed by atoms with Gasteiger partial charge in [0.15, 0.2) is 0 Å². The van der Waals surface area contributed by atoms with E-state index in [1.54, 1.807) is 0 Å². The Balaban J connectivity index is 2.19. The predicted molar refractivity (Wildman–Crippen MR) is 74.6 cm³/mol. The molecule has 1 N–H and O–H groups in total. The van der Waals surface area contributed by atoms with E-state index >= 15 is 0 Å². The van der Waals surface area contributed by atoms with E-state index in [2.05, 4.69) is 26.1 Å². The van der Waals surface area contributed by atoms with Gasteiger partial charge in [0, 0.05) is 19.5 Å². The highest BCUT2D eigenvalue weighted by molar-refractivity contribution is 5.93. The summed E-state index contributed by atoms with van der Waals surface area (Å²) in [5, 5.41) is 3.01. The molecular formula is C15H26N2O2. The van der Waals surface area contributed by atoms with Gasteiger partial charge in [-0.2, -0.15) is 0 Å². The van der Waals surface area contributed by atoms with Gasteiger partial charge in [-0.1, -0.05) is 33.6 Å². The first-order valence-electron chi connectivity index (χ1n) is 7.49. The van der Waals surface area contributed by atoms with E-state index in [9.17, 15) is 9.59 Å². The lowest BCUT2D eigenvalue weighted by Gasteiger charge is -2.36. The van der Waals surface area contributed by atoms with E-state index in [1.165, 1.54) is 0 Å². The van der Waals surface area contributed by atoms with Crippen molar-refractivity contribution in [2.45, 2.75) is 64.8 Å². The van der Waals surface area contributed by atoms with Crippen molar-refractivity contribution in [2.75, 3.05) is 13.1 Å². The molecule has 2 fully saturated rings. The van der Waals surface area contributed by atoms with Crippen LogP contribution in [0.4, 0.5) is 0 Å². The highest BCUT2D eigenvalue weighted by atomic mass is 16.2. The van der Waals surface area contributed by atoms with Gasteiger partial charge in [-0.05, 0) is 24.7 Å². The average Bonchev–Trinajstić information content (AvgIpc) is 2.79. The highest BCUT2D eigenvalue weighted by Gasteiger charge is 2.46. The molecule has 0 unspecified atom stereocenters. The molecule has 108 valence electrons. The highest BCUT2D eigenvalue weighted by Crippen LogP contribution is 2.34. The van der Waals surface area contributed by atoms with Crippen LogP contribution >= 0.6 is 0 Å². The quantitative estimate of drug-likeness (QED) is 0.850. The van der Waals surface area contributed by atoms with Gasteiger partial charge < -0.3 is 10.2 Å². The maximum atomic E-state index is 12.8. The lowest BCUT2D eigenvalue weighted by Crippen LogP contribution is -2.56. The minimum atomic E-state index is -0.586. The van der Waals surface area contributed by atoms with Gasteiger partial charge in [-0.3, -0.25) is 9.59 Å². The van der Waals surface area contributed by atoms with Crippen LogP contribution in [0.5, 0.6) is 0 Å². The summed E-state index contributed by atoms with van der Waals surface area (Å²) in [4.78, 5) is 26.6. The number of hydrogen-bond donors (Lipinski definition) is 1. The molecule has 19 heavy (non-hydrogen) atoms. The number of carbonyl (C=O) groups excluding carboxylic acids is 2. The fourth-order valence-corrected chi connectivity index (χ4v) is 3.12. The molecule has 2 amide bonds. The zero-order valence-electron chi connectivity index (χ0n) is 12.4. The predicted octanol–water partition coefficient (Wildman–Crippen LogP) is 2.08. The van der Waals surface area contributed by atoms with Crippen molar-refractivity contribution in [1.82, 2.24) is 10.2 Å². The number of nitrogens with zero attached hydrogens (tertiary/aromatic N) is 1. The Hall–Kier alpha value is -1.06. The SMILES string of the molecule is CCC(C)(C)CN1CCC(=O)NC2(CCCC2)C1=O. The maximum Gasteiger partial charge on any atom is 0.248 e. The van der Waals surface area contributed by atoms with Crippen molar-refractivity contribution in [3.8, 4) is 0 Å². The van der Waals surface area contributed by atoms with Gasteiger partial charge in [0.25, 0.3) is 0 Å². The molecule has 4 heteroatoms. The average molecular weight is 266 g/mol. The summed E-state index contributed by atoms with van der Waals surface area (Å²) in [6.45, 7) is 7.83.